The summed E-state index contributed by atoms with van der Waals surface area (Å²) in [7, 11) is 1.40. The number of carbonyl (C=O) groups excluding carboxylic acids is 1. The van der Waals surface area contributed by atoms with Crippen molar-refractivity contribution in [3.63, 3.8) is 0 Å². The van der Waals surface area contributed by atoms with Crippen LogP contribution in [0.5, 0.6) is 17.8 Å². The molecule has 14 heteroatoms. The number of rotatable bonds is 11. The summed E-state index contributed by atoms with van der Waals surface area (Å²) < 4.78 is 56.4. The maximum Gasteiger partial charge on any atom is 0.422 e. The van der Waals surface area contributed by atoms with Crippen molar-refractivity contribution >= 4 is 5.91 Å². The van der Waals surface area contributed by atoms with Crippen LogP contribution in [0.2, 0.25) is 0 Å². The molecule has 0 aliphatic carbocycles. The zero-order chi connectivity index (χ0) is 35.3. The summed E-state index contributed by atoms with van der Waals surface area (Å²) in [5, 5.41) is 0. The predicted molar refractivity (Wildman–Crippen MR) is 178 cm³/mol. The summed E-state index contributed by atoms with van der Waals surface area (Å²) >= 11 is 0. The van der Waals surface area contributed by atoms with Crippen molar-refractivity contribution in [3.05, 3.63) is 101 Å². The van der Waals surface area contributed by atoms with Gasteiger partial charge < -0.3 is 19.1 Å². The number of hydrogen-bond acceptors (Lipinski definition) is 10. The number of aryl methyl sites for hydroxylation is 1. The minimum Gasteiger partial charge on any atom is -0.481 e. The average Bonchev–Trinajstić information content (AvgIpc) is 3.12. The lowest BCUT2D eigenvalue weighted by Crippen LogP contribution is -2.67. The van der Waals surface area contributed by atoms with Crippen LogP contribution in [-0.4, -0.2) is 112 Å². The number of hydrogen-bond donors (Lipinski definition) is 0. The second-order valence-electron chi connectivity index (χ2n) is 12.4. The molecule has 4 aromatic rings. The lowest BCUT2D eigenvalue weighted by Gasteiger charge is -2.53. The van der Waals surface area contributed by atoms with Gasteiger partial charge in [0.1, 0.15) is 5.69 Å². The second kappa shape index (κ2) is 15.4. The van der Waals surface area contributed by atoms with E-state index in [-0.39, 0.29) is 66.1 Å². The van der Waals surface area contributed by atoms with Gasteiger partial charge in [0, 0.05) is 63.5 Å². The fraction of sp³-hybridized carbons (Fsp3) is 0.417. The number of amides is 1. The van der Waals surface area contributed by atoms with Gasteiger partial charge >= 0.3 is 12.2 Å². The monoisotopic (exact) mass is 691 g/mol. The van der Waals surface area contributed by atoms with E-state index in [9.17, 15) is 18.0 Å². The van der Waals surface area contributed by atoms with E-state index in [4.69, 9.17) is 14.2 Å². The summed E-state index contributed by atoms with van der Waals surface area (Å²) in [6.45, 7) is 4.96. The third kappa shape index (κ3) is 8.13. The summed E-state index contributed by atoms with van der Waals surface area (Å²) in [6, 6.07) is 20.2. The first-order chi connectivity index (χ1) is 24.1. The van der Waals surface area contributed by atoms with E-state index in [1.165, 1.54) is 13.3 Å². The van der Waals surface area contributed by atoms with Gasteiger partial charge in [-0.3, -0.25) is 19.6 Å². The number of halogens is 3. The van der Waals surface area contributed by atoms with Gasteiger partial charge in [-0.2, -0.15) is 23.1 Å². The lowest BCUT2D eigenvalue weighted by molar-refractivity contribution is -0.154. The number of fused-ring (bicyclic) bond motifs is 1. The summed E-state index contributed by atoms with van der Waals surface area (Å²) in [4.78, 5) is 37.2. The molecule has 0 radical (unpaired) electrons. The Morgan fingerprint density at radius 1 is 0.900 bits per heavy atom. The molecule has 0 N–H and O–H groups in total. The van der Waals surface area contributed by atoms with E-state index in [0.717, 1.165) is 16.8 Å². The minimum atomic E-state index is -4.59. The van der Waals surface area contributed by atoms with E-state index in [1.807, 2.05) is 43.3 Å². The molecule has 2 fully saturated rings. The molecule has 0 spiro atoms. The van der Waals surface area contributed by atoms with Gasteiger partial charge in [0.2, 0.25) is 11.8 Å². The molecule has 1 unspecified atom stereocenters. The van der Waals surface area contributed by atoms with Gasteiger partial charge in [0.15, 0.2) is 6.61 Å². The Labute approximate surface area is 289 Å². The molecule has 2 atom stereocenters. The van der Waals surface area contributed by atoms with Crippen molar-refractivity contribution in [2.45, 2.75) is 44.6 Å². The van der Waals surface area contributed by atoms with E-state index in [0.29, 0.717) is 32.7 Å². The quantitative estimate of drug-likeness (QED) is 0.219. The van der Waals surface area contributed by atoms with Crippen molar-refractivity contribution in [1.29, 1.82) is 0 Å². The van der Waals surface area contributed by atoms with Crippen molar-refractivity contribution < 1.29 is 32.2 Å². The maximum atomic E-state index is 13.6. The summed E-state index contributed by atoms with van der Waals surface area (Å²) in [6.07, 6.45) is -1.51. The number of benzene rings is 2. The molecule has 0 saturated carbocycles. The first-order valence-electron chi connectivity index (χ1n) is 16.6. The first kappa shape index (κ1) is 35.0. The van der Waals surface area contributed by atoms with Gasteiger partial charge in [0.25, 0.3) is 5.91 Å². The molecule has 2 aliphatic heterocycles. The fourth-order valence-electron chi connectivity index (χ4n) is 6.86. The molecule has 2 aromatic heterocycles. The van der Waals surface area contributed by atoms with Crippen molar-refractivity contribution in [3.8, 4) is 17.8 Å². The molecular weight excluding hydrogens is 651 g/mol. The number of aromatic nitrogens is 4. The zero-order valence-corrected chi connectivity index (χ0v) is 28.2. The smallest absolute Gasteiger partial charge is 0.422 e. The number of alkyl halides is 3. The van der Waals surface area contributed by atoms with Crippen LogP contribution < -0.4 is 14.2 Å². The van der Waals surface area contributed by atoms with Crippen LogP contribution in [-0.2, 0) is 6.54 Å². The standard InChI is InChI=1S/C36H40F3N7O4/c1-4-49-35-42-32(48-3)28(33(43-35)50-23-36(37,38)39)21-44-19-27-20-45(34(47)29-18-40-24(2)17-41-29)15-16-46(27)30(22-44)31(25-11-7-5-8-12-25)26-13-9-6-10-14-26/h5-14,17-18,27,30-31H,4,15-16,19-23H2,1-3H3/t27-,30?/m1/s1. The van der Waals surface area contributed by atoms with Gasteiger partial charge in [0.05, 0.1) is 31.2 Å². The van der Waals surface area contributed by atoms with Gasteiger partial charge in [-0.15, -0.1) is 0 Å². The SMILES string of the molecule is CCOc1nc(OC)c(CN2CC(C(c3ccccc3)c3ccccc3)N3CCN(C(=O)c4cnc(C)cn4)C[C@H]3C2)c(OCC(F)(F)F)n1. The Morgan fingerprint density at radius 3 is 2.18 bits per heavy atom. The highest BCUT2D eigenvalue weighted by atomic mass is 19.4. The Kier molecular flexibility index (Phi) is 10.8. The first-order valence-corrected chi connectivity index (χ1v) is 16.6. The molecular formula is C36H40F3N7O4. The molecule has 50 heavy (non-hydrogen) atoms. The molecule has 1 amide bonds. The molecule has 11 nitrogen and oxygen atoms in total. The number of ether oxygens (including phenoxy) is 3. The number of carbonyl (C=O) groups is 1. The van der Waals surface area contributed by atoms with Crippen LogP contribution in [0.4, 0.5) is 13.2 Å². The topological polar surface area (TPSA) is 106 Å². The molecule has 2 aromatic carbocycles. The van der Waals surface area contributed by atoms with Crippen LogP contribution >= 0.6 is 0 Å². The van der Waals surface area contributed by atoms with Gasteiger partial charge in [-0.05, 0) is 25.0 Å². The van der Waals surface area contributed by atoms with Crippen LogP contribution in [0, 0.1) is 6.92 Å². The third-order valence-electron chi connectivity index (χ3n) is 8.99. The zero-order valence-electron chi connectivity index (χ0n) is 28.2. The lowest BCUT2D eigenvalue weighted by atomic mass is 9.81. The van der Waals surface area contributed by atoms with Crippen molar-refractivity contribution in [2.24, 2.45) is 0 Å². The van der Waals surface area contributed by atoms with E-state index >= 15 is 0 Å². The van der Waals surface area contributed by atoms with Gasteiger partial charge in [-0.1, -0.05) is 60.7 Å². The highest BCUT2D eigenvalue weighted by molar-refractivity contribution is 5.92. The Balaban J connectivity index is 1.38. The third-order valence-corrected chi connectivity index (χ3v) is 8.99. The molecule has 6 rings (SSSR count). The normalized spacial score (nSPS) is 18.5. The fourth-order valence-corrected chi connectivity index (χ4v) is 6.86. The van der Waals surface area contributed by atoms with E-state index in [1.54, 1.807) is 18.0 Å². The molecule has 2 saturated heterocycles. The number of piperazine rings is 2. The number of methoxy groups -OCH3 is 1. The largest absolute Gasteiger partial charge is 0.481 e. The maximum absolute atomic E-state index is 13.6. The Bertz CT molecular complexity index is 1690. The molecule has 0 bridgehead atoms. The summed E-state index contributed by atoms with van der Waals surface area (Å²) in [5.74, 6) is -0.427. The van der Waals surface area contributed by atoms with E-state index in [2.05, 4.69) is 54.0 Å². The molecule has 2 aliphatic rings. The molecule has 4 heterocycles. The van der Waals surface area contributed by atoms with Crippen LogP contribution in [0.1, 0.15) is 45.7 Å². The van der Waals surface area contributed by atoms with Gasteiger partial charge in [-0.25, -0.2) is 4.98 Å². The van der Waals surface area contributed by atoms with Crippen molar-refractivity contribution in [1.82, 2.24) is 34.6 Å². The highest BCUT2D eigenvalue weighted by Gasteiger charge is 2.44. The van der Waals surface area contributed by atoms with Crippen LogP contribution in [0.25, 0.3) is 0 Å². The summed E-state index contributed by atoms with van der Waals surface area (Å²) in [5.41, 5.74) is 3.55. The Morgan fingerprint density at radius 2 is 1.58 bits per heavy atom. The molecule has 264 valence electrons. The predicted octanol–water partition coefficient (Wildman–Crippen LogP) is 4.77. The van der Waals surface area contributed by atoms with Crippen LogP contribution in [0.3, 0.4) is 0 Å². The van der Waals surface area contributed by atoms with Crippen molar-refractivity contribution in [2.75, 3.05) is 53.0 Å². The second-order valence-corrected chi connectivity index (χ2v) is 12.4. The van der Waals surface area contributed by atoms with Crippen LogP contribution in [0.15, 0.2) is 73.1 Å². The number of nitrogens with zero attached hydrogens (tertiary/aromatic N) is 7. The van der Waals surface area contributed by atoms with E-state index < -0.39 is 12.8 Å². The average molecular weight is 692 g/mol. The highest BCUT2D eigenvalue weighted by Crippen LogP contribution is 2.38. The Hall–Kier alpha value is -4.82. The minimum absolute atomic E-state index is 0.0488.